The number of hydrogen-bond acceptors (Lipinski definition) is 4. The van der Waals surface area contributed by atoms with Gasteiger partial charge in [-0.05, 0) is 31.0 Å². The maximum absolute atomic E-state index is 12.0. The molecular weight excluding hydrogens is 270 g/mol. The minimum atomic E-state index is -0.188. The van der Waals surface area contributed by atoms with Gasteiger partial charge in [0.1, 0.15) is 0 Å². The third-order valence-corrected chi connectivity index (χ3v) is 3.27. The summed E-state index contributed by atoms with van der Waals surface area (Å²) >= 11 is 0. The van der Waals surface area contributed by atoms with E-state index in [1.54, 1.807) is 12.3 Å². The number of aromatic nitrogens is 2. The molecule has 6 nitrogen and oxygen atoms in total. The zero-order valence-corrected chi connectivity index (χ0v) is 12.0. The predicted octanol–water partition coefficient (Wildman–Crippen LogP) is 2.03. The summed E-state index contributed by atoms with van der Waals surface area (Å²) < 4.78 is 4.56. The number of aromatic amines is 1. The van der Waals surface area contributed by atoms with Crippen LogP contribution < -0.4 is 5.32 Å². The Morgan fingerprint density at radius 3 is 2.95 bits per heavy atom. The number of unbranched alkanes of at least 4 members (excludes halogenated alkanes) is 2. The van der Waals surface area contributed by atoms with Gasteiger partial charge in [-0.1, -0.05) is 6.42 Å². The topological polar surface area (TPSA) is 84.1 Å². The summed E-state index contributed by atoms with van der Waals surface area (Å²) in [7, 11) is 1.39. The van der Waals surface area contributed by atoms with Crippen molar-refractivity contribution in [3.8, 4) is 0 Å². The molecule has 1 heterocycles. The third kappa shape index (κ3) is 4.30. The van der Waals surface area contributed by atoms with E-state index in [0.717, 1.165) is 30.2 Å². The molecule has 0 aliphatic heterocycles. The summed E-state index contributed by atoms with van der Waals surface area (Å²) in [5.41, 5.74) is 1.54. The number of fused-ring (bicyclic) bond motifs is 1. The van der Waals surface area contributed by atoms with Gasteiger partial charge in [0, 0.05) is 23.9 Å². The number of amides is 1. The van der Waals surface area contributed by atoms with Crippen LogP contribution in [0.3, 0.4) is 0 Å². The number of H-pyrrole nitrogens is 1. The van der Waals surface area contributed by atoms with E-state index in [2.05, 4.69) is 20.3 Å². The van der Waals surface area contributed by atoms with E-state index in [4.69, 9.17) is 0 Å². The summed E-state index contributed by atoms with van der Waals surface area (Å²) in [5, 5.41) is 10.6. The zero-order valence-electron chi connectivity index (χ0n) is 12.0. The molecule has 1 aromatic carbocycles. The van der Waals surface area contributed by atoms with Gasteiger partial charge in [-0.3, -0.25) is 14.7 Å². The second-order valence-corrected chi connectivity index (χ2v) is 4.81. The molecule has 1 amide bonds. The monoisotopic (exact) mass is 289 g/mol. The van der Waals surface area contributed by atoms with Gasteiger partial charge in [0.15, 0.2) is 0 Å². The molecule has 0 aliphatic rings. The Morgan fingerprint density at radius 2 is 2.14 bits per heavy atom. The predicted molar refractivity (Wildman–Crippen MR) is 78.9 cm³/mol. The number of nitrogens with zero attached hydrogens (tertiary/aromatic N) is 1. The lowest BCUT2D eigenvalue weighted by Gasteiger charge is -2.05. The molecule has 2 rings (SSSR count). The minimum Gasteiger partial charge on any atom is -0.469 e. The van der Waals surface area contributed by atoms with Gasteiger partial charge in [-0.2, -0.15) is 5.10 Å². The lowest BCUT2D eigenvalue weighted by atomic mass is 10.1. The lowest BCUT2D eigenvalue weighted by molar-refractivity contribution is -0.140. The number of nitrogens with one attached hydrogen (secondary N) is 2. The highest BCUT2D eigenvalue weighted by molar-refractivity contribution is 5.97. The number of benzene rings is 1. The first-order valence-electron chi connectivity index (χ1n) is 6.99. The summed E-state index contributed by atoms with van der Waals surface area (Å²) in [6, 6.07) is 5.42. The highest BCUT2D eigenvalue weighted by Gasteiger charge is 2.06. The molecule has 0 saturated heterocycles. The molecule has 0 fully saturated rings. The Kier molecular flexibility index (Phi) is 5.31. The van der Waals surface area contributed by atoms with Crippen molar-refractivity contribution in [1.82, 2.24) is 15.5 Å². The molecule has 0 spiro atoms. The lowest BCUT2D eigenvalue weighted by Crippen LogP contribution is -2.24. The van der Waals surface area contributed by atoms with Crippen molar-refractivity contribution < 1.29 is 14.3 Å². The van der Waals surface area contributed by atoms with Crippen LogP contribution in [-0.4, -0.2) is 35.7 Å². The van der Waals surface area contributed by atoms with E-state index >= 15 is 0 Å². The molecule has 112 valence electrons. The molecule has 0 radical (unpaired) electrons. The van der Waals surface area contributed by atoms with Crippen molar-refractivity contribution in [2.45, 2.75) is 25.7 Å². The normalized spacial score (nSPS) is 10.5. The standard InChI is InChI=1S/C15H19N3O3/c1-21-14(19)5-3-2-4-8-16-15(20)11-6-7-13-12(9-11)10-17-18-13/h6-7,9-10H,2-5,8H2,1H3,(H,16,20)(H,17,18). The quantitative estimate of drug-likeness (QED) is 0.603. The molecule has 2 N–H and O–H groups in total. The molecule has 6 heteroatoms. The smallest absolute Gasteiger partial charge is 0.305 e. The van der Waals surface area contributed by atoms with E-state index < -0.39 is 0 Å². The Morgan fingerprint density at radius 1 is 1.29 bits per heavy atom. The van der Waals surface area contributed by atoms with Crippen LogP contribution in [0, 0.1) is 0 Å². The molecule has 0 aliphatic carbocycles. The SMILES string of the molecule is COC(=O)CCCCCNC(=O)c1ccc2[nH]ncc2c1. The Hall–Kier alpha value is -2.37. The first kappa shape index (κ1) is 15.0. The van der Waals surface area contributed by atoms with Crippen LogP contribution in [0.25, 0.3) is 10.9 Å². The molecule has 0 atom stereocenters. The van der Waals surface area contributed by atoms with Crippen molar-refractivity contribution in [2.24, 2.45) is 0 Å². The van der Waals surface area contributed by atoms with Crippen molar-refractivity contribution in [3.05, 3.63) is 30.0 Å². The Balaban J connectivity index is 1.70. The van der Waals surface area contributed by atoms with E-state index in [1.165, 1.54) is 7.11 Å². The molecule has 2 aromatic rings. The van der Waals surface area contributed by atoms with Crippen LogP contribution in [-0.2, 0) is 9.53 Å². The number of ether oxygens (including phenoxy) is 1. The van der Waals surface area contributed by atoms with Gasteiger partial charge in [0.05, 0.1) is 18.8 Å². The summed E-state index contributed by atoms with van der Waals surface area (Å²) in [6.07, 6.45) is 4.64. The summed E-state index contributed by atoms with van der Waals surface area (Å²) in [6.45, 7) is 0.601. The maximum Gasteiger partial charge on any atom is 0.305 e. The van der Waals surface area contributed by atoms with E-state index in [-0.39, 0.29) is 11.9 Å². The number of carbonyl (C=O) groups is 2. The first-order chi connectivity index (χ1) is 10.2. The van der Waals surface area contributed by atoms with Gasteiger partial charge >= 0.3 is 5.97 Å². The van der Waals surface area contributed by atoms with Crippen molar-refractivity contribution in [1.29, 1.82) is 0 Å². The molecular formula is C15H19N3O3. The van der Waals surface area contributed by atoms with Crippen LogP contribution in [0.15, 0.2) is 24.4 Å². The average Bonchev–Trinajstić information content (AvgIpc) is 2.97. The van der Waals surface area contributed by atoms with Crippen LogP contribution in [0.4, 0.5) is 0 Å². The van der Waals surface area contributed by atoms with Crippen LogP contribution in [0.2, 0.25) is 0 Å². The number of carbonyl (C=O) groups excluding carboxylic acids is 2. The highest BCUT2D eigenvalue weighted by atomic mass is 16.5. The first-order valence-corrected chi connectivity index (χ1v) is 6.99. The van der Waals surface area contributed by atoms with Crippen LogP contribution in [0.5, 0.6) is 0 Å². The fraction of sp³-hybridized carbons (Fsp3) is 0.400. The zero-order chi connectivity index (χ0) is 15.1. The van der Waals surface area contributed by atoms with Crippen molar-refractivity contribution >= 4 is 22.8 Å². The Labute approximate surface area is 122 Å². The maximum atomic E-state index is 12.0. The van der Waals surface area contributed by atoms with Crippen molar-refractivity contribution in [2.75, 3.05) is 13.7 Å². The van der Waals surface area contributed by atoms with E-state index in [9.17, 15) is 9.59 Å². The van der Waals surface area contributed by atoms with Crippen LogP contribution >= 0.6 is 0 Å². The molecule has 21 heavy (non-hydrogen) atoms. The van der Waals surface area contributed by atoms with Gasteiger partial charge < -0.3 is 10.1 Å². The van der Waals surface area contributed by atoms with Gasteiger partial charge in [0.25, 0.3) is 5.91 Å². The number of rotatable bonds is 7. The third-order valence-electron chi connectivity index (χ3n) is 3.27. The number of hydrogen-bond donors (Lipinski definition) is 2. The second kappa shape index (κ2) is 7.42. The summed E-state index contributed by atoms with van der Waals surface area (Å²) in [4.78, 5) is 22.9. The van der Waals surface area contributed by atoms with Crippen molar-refractivity contribution in [3.63, 3.8) is 0 Å². The number of esters is 1. The molecule has 1 aromatic heterocycles. The largest absolute Gasteiger partial charge is 0.469 e. The highest BCUT2D eigenvalue weighted by Crippen LogP contribution is 2.12. The molecule has 0 unspecified atom stereocenters. The molecule has 0 saturated carbocycles. The molecule has 0 bridgehead atoms. The van der Waals surface area contributed by atoms with Gasteiger partial charge in [0.2, 0.25) is 0 Å². The van der Waals surface area contributed by atoms with Gasteiger partial charge in [-0.25, -0.2) is 0 Å². The average molecular weight is 289 g/mol. The fourth-order valence-electron chi connectivity index (χ4n) is 2.06. The minimum absolute atomic E-state index is 0.0916. The number of methoxy groups -OCH3 is 1. The summed E-state index contributed by atoms with van der Waals surface area (Å²) in [5.74, 6) is -0.279. The van der Waals surface area contributed by atoms with Crippen LogP contribution in [0.1, 0.15) is 36.0 Å². The second-order valence-electron chi connectivity index (χ2n) is 4.81. The Bertz CT molecular complexity index is 621. The van der Waals surface area contributed by atoms with E-state index in [0.29, 0.717) is 18.5 Å². The van der Waals surface area contributed by atoms with E-state index in [1.807, 2.05) is 12.1 Å². The van der Waals surface area contributed by atoms with Gasteiger partial charge in [-0.15, -0.1) is 0 Å². The fourth-order valence-corrected chi connectivity index (χ4v) is 2.06.